The molecule has 0 spiro atoms. The van der Waals surface area contributed by atoms with Crippen LogP contribution < -0.4 is 10.6 Å². The smallest absolute Gasteiger partial charge is 0.265 e. The Labute approximate surface area is 180 Å². The van der Waals surface area contributed by atoms with Crippen LogP contribution in [0, 0.1) is 12.7 Å². The lowest BCUT2D eigenvalue weighted by atomic mass is 10.1. The number of amides is 2. The number of nitrogens with zero attached hydrogens (tertiary/aromatic N) is 1. The summed E-state index contributed by atoms with van der Waals surface area (Å²) in [7, 11) is 0. The van der Waals surface area contributed by atoms with Gasteiger partial charge in [0, 0.05) is 21.7 Å². The minimum atomic E-state index is -0.310. The van der Waals surface area contributed by atoms with Gasteiger partial charge in [0.1, 0.15) is 5.82 Å². The van der Waals surface area contributed by atoms with Crippen LogP contribution in [0.1, 0.15) is 24.9 Å². The maximum Gasteiger partial charge on any atom is 0.265 e. The van der Waals surface area contributed by atoms with Crippen molar-refractivity contribution in [1.82, 2.24) is 4.98 Å². The number of benzene rings is 2. The molecular weight excluding hydrogens is 421 g/mol. The van der Waals surface area contributed by atoms with E-state index in [1.165, 1.54) is 34.8 Å². The van der Waals surface area contributed by atoms with Crippen molar-refractivity contribution in [2.45, 2.75) is 6.92 Å². The number of halogens is 1. The molecule has 4 aromatic rings. The Kier molecular flexibility index (Phi) is 5.69. The summed E-state index contributed by atoms with van der Waals surface area (Å²) < 4.78 is 13.1. The fourth-order valence-electron chi connectivity index (χ4n) is 2.80. The van der Waals surface area contributed by atoms with Gasteiger partial charge in [-0.25, -0.2) is 9.37 Å². The quantitative estimate of drug-likeness (QED) is 0.413. The molecule has 0 unspecified atom stereocenters. The van der Waals surface area contributed by atoms with E-state index >= 15 is 0 Å². The minimum Gasteiger partial charge on any atom is -0.321 e. The van der Waals surface area contributed by atoms with E-state index in [0.717, 1.165) is 10.4 Å². The summed E-state index contributed by atoms with van der Waals surface area (Å²) in [5.74, 6) is -0.797. The summed E-state index contributed by atoms with van der Waals surface area (Å²) in [5.41, 5.74) is 2.55. The van der Waals surface area contributed by atoms with E-state index in [2.05, 4.69) is 15.6 Å². The van der Waals surface area contributed by atoms with Crippen LogP contribution in [0.3, 0.4) is 0 Å². The van der Waals surface area contributed by atoms with Gasteiger partial charge < -0.3 is 5.32 Å². The topological polar surface area (TPSA) is 71.1 Å². The molecular formula is C22H16FN3O2S2. The summed E-state index contributed by atoms with van der Waals surface area (Å²) in [6.07, 6.45) is 0. The maximum absolute atomic E-state index is 13.1. The SMILES string of the molecule is Cc1sc(NC(=O)c2ccc(NC(=O)c3cccs3)cc2)nc1-c1ccc(F)cc1. The highest BCUT2D eigenvalue weighted by molar-refractivity contribution is 7.16. The number of carbonyl (C=O) groups excluding carboxylic acids is 2. The molecule has 0 saturated heterocycles. The van der Waals surface area contributed by atoms with Crippen LogP contribution in [0.5, 0.6) is 0 Å². The zero-order valence-electron chi connectivity index (χ0n) is 15.8. The van der Waals surface area contributed by atoms with Gasteiger partial charge in [-0.2, -0.15) is 0 Å². The molecule has 0 fully saturated rings. The molecule has 0 radical (unpaired) electrons. The van der Waals surface area contributed by atoms with Gasteiger partial charge in [0.2, 0.25) is 0 Å². The Bertz CT molecular complexity index is 1180. The average molecular weight is 438 g/mol. The van der Waals surface area contributed by atoms with Crippen LogP contribution in [0.15, 0.2) is 66.0 Å². The molecule has 0 aliphatic rings. The van der Waals surface area contributed by atoms with Crippen molar-refractivity contribution in [1.29, 1.82) is 0 Å². The third kappa shape index (κ3) is 4.45. The van der Waals surface area contributed by atoms with Gasteiger partial charge >= 0.3 is 0 Å². The second kappa shape index (κ2) is 8.56. The molecule has 2 heterocycles. The summed E-state index contributed by atoms with van der Waals surface area (Å²) in [4.78, 5) is 30.7. The number of rotatable bonds is 5. The zero-order valence-corrected chi connectivity index (χ0v) is 17.4. The summed E-state index contributed by atoms with van der Waals surface area (Å²) in [6.45, 7) is 1.90. The average Bonchev–Trinajstić information content (AvgIpc) is 3.39. The van der Waals surface area contributed by atoms with Crippen molar-refractivity contribution in [3.8, 4) is 11.3 Å². The van der Waals surface area contributed by atoms with E-state index < -0.39 is 0 Å². The van der Waals surface area contributed by atoms with Gasteiger partial charge in [0.05, 0.1) is 10.6 Å². The molecule has 8 heteroatoms. The van der Waals surface area contributed by atoms with Crippen molar-refractivity contribution in [3.05, 3.63) is 87.2 Å². The van der Waals surface area contributed by atoms with Crippen molar-refractivity contribution < 1.29 is 14.0 Å². The molecule has 0 saturated carbocycles. The van der Waals surface area contributed by atoms with E-state index in [9.17, 15) is 14.0 Å². The normalized spacial score (nSPS) is 10.6. The summed E-state index contributed by atoms with van der Waals surface area (Å²) in [5, 5.41) is 7.89. The first-order valence-electron chi connectivity index (χ1n) is 8.99. The lowest BCUT2D eigenvalue weighted by Gasteiger charge is -2.05. The third-order valence-corrected chi connectivity index (χ3v) is 6.04. The Morgan fingerprint density at radius 2 is 1.67 bits per heavy atom. The van der Waals surface area contributed by atoms with Crippen LogP contribution in [0.2, 0.25) is 0 Å². The van der Waals surface area contributed by atoms with Gasteiger partial charge in [-0.3, -0.25) is 14.9 Å². The fraction of sp³-hybridized carbons (Fsp3) is 0.0455. The Morgan fingerprint density at radius 1 is 0.933 bits per heavy atom. The first-order chi connectivity index (χ1) is 14.5. The van der Waals surface area contributed by atoms with E-state index in [1.807, 2.05) is 18.4 Å². The second-order valence-corrected chi connectivity index (χ2v) is 8.54. The number of carbonyl (C=O) groups is 2. The number of hydrogen-bond acceptors (Lipinski definition) is 5. The lowest BCUT2D eigenvalue weighted by Crippen LogP contribution is -2.13. The highest BCUT2D eigenvalue weighted by atomic mass is 32.1. The first-order valence-corrected chi connectivity index (χ1v) is 10.7. The van der Waals surface area contributed by atoms with Gasteiger partial charge in [-0.15, -0.1) is 22.7 Å². The molecule has 2 aromatic carbocycles. The molecule has 2 aromatic heterocycles. The van der Waals surface area contributed by atoms with Crippen LogP contribution in [-0.4, -0.2) is 16.8 Å². The van der Waals surface area contributed by atoms with Crippen molar-refractivity contribution in [2.75, 3.05) is 10.6 Å². The van der Waals surface area contributed by atoms with Gasteiger partial charge in [-0.05, 0) is 66.9 Å². The van der Waals surface area contributed by atoms with Gasteiger partial charge in [0.25, 0.3) is 11.8 Å². The molecule has 2 amide bonds. The molecule has 0 bridgehead atoms. The van der Waals surface area contributed by atoms with Crippen LogP contribution in [0.25, 0.3) is 11.3 Å². The number of anilines is 2. The van der Waals surface area contributed by atoms with Crippen molar-refractivity contribution in [3.63, 3.8) is 0 Å². The minimum absolute atomic E-state index is 0.186. The number of hydrogen-bond donors (Lipinski definition) is 2. The lowest BCUT2D eigenvalue weighted by molar-refractivity contribution is 0.102. The van der Waals surface area contributed by atoms with E-state index in [0.29, 0.717) is 27.0 Å². The molecule has 5 nitrogen and oxygen atoms in total. The largest absolute Gasteiger partial charge is 0.321 e. The maximum atomic E-state index is 13.1. The third-order valence-electron chi connectivity index (χ3n) is 4.28. The predicted octanol–water partition coefficient (Wildman–Crippen LogP) is 5.82. The zero-order chi connectivity index (χ0) is 21.1. The molecule has 0 aliphatic carbocycles. The van der Waals surface area contributed by atoms with Crippen LogP contribution >= 0.6 is 22.7 Å². The van der Waals surface area contributed by atoms with Crippen LogP contribution in [0.4, 0.5) is 15.2 Å². The number of aromatic nitrogens is 1. The number of thiophene rings is 1. The second-order valence-electron chi connectivity index (χ2n) is 6.39. The first kappa shape index (κ1) is 19.9. The van der Waals surface area contributed by atoms with E-state index in [-0.39, 0.29) is 17.6 Å². The Morgan fingerprint density at radius 3 is 2.33 bits per heavy atom. The molecule has 150 valence electrons. The number of nitrogens with one attached hydrogen (secondary N) is 2. The van der Waals surface area contributed by atoms with Gasteiger partial charge in [0.15, 0.2) is 5.13 Å². The predicted molar refractivity (Wildman–Crippen MR) is 119 cm³/mol. The summed E-state index contributed by atoms with van der Waals surface area (Å²) in [6, 6.07) is 16.3. The number of aryl methyl sites for hydroxylation is 1. The standard InChI is InChI=1S/C22H16FN3O2S2/c1-13-19(14-4-8-16(23)9-5-14)25-22(30-13)26-20(27)15-6-10-17(11-7-15)24-21(28)18-3-2-12-29-18/h2-12H,1H3,(H,24,28)(H,25,26,27). The molecule has 2 N–H and O–H groups in total. The molecule has 0 aliphatic heterocycles. The fourth-order valence-corrected chi connectivity index (χ4v) is 4.25. The van der Waals surface area contributed by atoms with Crippen molar-refractivity contribution in [2.24, 2.45) is 0 Å². The monoisotopic (exact) mass is 437 g/mol. The molecule has 4 rings (SSSR count). The van der Waals surface area contributed by atoms with E-state index in [1.54, 1.807) is 42.5 Å². The van der Waals surface area contributed by atoms with Gasteiger partial charge in [-0.1, -0.05) is 6.07 Å². The summed E-state index contributed by atoms with van der Waals surface area (Å²) >= 11 is 2.71. The highest BCUT2D eigenvalue weighted by Crippen LogP contribution is 2.30. The molecule has 0 atom stereocenters. The number of thiazole rings is 1. The molecule has 30 heavy (non-hydrogen) atoms. The highest BCUT2D eigenvalue weighted by Gasteiger charge is 2.14. The Balaban J connectivity index is 1.43. The Hall–Kier alpha value is -3.36. The van der Waals surface area contributed by atoms with Crippen LogP contribution in [-0.2, 0) is 0 Å². The van der Waals surface area contributed by atoms with E-state index in [4.69, 9.17) is 0 Å². The van der Waals surface area contributed by atoms with Crippen molar-refractivity contribution >= 4 is 45.3 Å².